The zero-order valence-corrected chi connectivity index (χ0v) is 13.6. The molecule has 1 aromatic carbocycles. The molecule has 5 heteroatoms. The normalized spacial score (nSPS) is 17.4. The number of anilines is 1. The Hall–Kier alpha value is -1.36. The van der Waals surface area contributed by atoms with Crippen molar-refractivity contribution < 1.29 is 4.52 Å². The Bertz CT molecular complexity index is 603. The zero-order chi connectivity index (χ0) is 14.7. The van der Waals surface area contributed by atoms with Gasteiger partial charge in [0.25, 0.3) is 5.89 Å². The molecule has 0 radical (unpaired) electrons. The van der Waals surface area contributed by atoms with Crippen LogP contribution in [0.25, 0.3) is 11.5 Å². The number of hydrogen-bond acceptors (Lipinski definition) is 4. The van der Waals surface area contributed by atoms with Gasteiger partial charge in [0.2, 0.25) is 0 Å². The van der Waals surface area contributed by atoms with Crippen molar-refractivity contribution in [1.82, 2.24) is 10.1 Å². The Balaban J connectivity index is 1.83. The maximum atomic E-state index is 6.01. The smallest absolute Gasteiger partial charge is 0.260 e. The number of rotatable bonds is 2. The molecule has 1 aromatic heterocycles. The van der Waals surface area contributed by atoms with Gasteiger partial charge in [-0.2, -0.15) is 4.98 Å². The quantitative estimate of drug-likeness (QED) is 0.782. The van der Waals surface area contributed by atoms with E-state index in [0.717, 1.165) is 28.7 Å². The van der Waals surface area contributed by atoms with Gasteiger partial charge in [-0.05, 0) is 31.0 Å². The fourth-order valence-corrected chi connectivity index (χ4v) is 3.30. The van der Waals surface area contributed by atoms with Gasteiger partial charge in [0, 0.05) is 16.1 Å². The van der Waals surface area contributed by atoms with Gasteiger partial charge in [0.1, 0.15) is 0 Å². The van der Waals surface area contributed by atoms with E-state index < -0.39 is 0 Å². The standard InChI is InChI=1S/C16H20BrN3O/c17-12-8-9-14(18)13(10-12)16-19-15(20-21-16)11-6-4-2-1-3-5-7-11/h8-11H,1-7,18H2. The summed E-state index contributed by atoms with van der Waals surface area (Å²) in [6.45, 7) is 0. The highest BCUT2D eigenvalue weighted by Crippen LogP contribution is 2.32. The van der Waals surface area contributed by atoms with Gasteiger partial charge < -0.3 is 10.3 Å². The molecule has 0 aliphatic heterocycles. The summed E-state index contributed by atoms with van der Waals surface area (Å²) in [5.74, 6) is 1.79. The number of benzene rings is 1. The van der Waals surface area contributed by atoms with Crippen LogP contribution in [0.15, 0.2) is 27.2 Å². The van der Waals surface area contributed by atoms with Crippen LogP contribution in [-0.4, -0.2) is 10.1 Å². The van der Waals surface area contributed by atoms with Crippen LogP contribution >= 0.6 is 15.9 Å². The lowest BCUT2D eigenvalue weighted by atomic mass is 9.91. The molecule has 1 aliphatic carbocycles. The first kappa shape index (κ1) is 14.6. The maximum Gasteiger partial charge on any atom is 0.260 e. The molecule has 0 saturated heterocycles. The Morgan fingerprint density at radius 1 is 1.10 bits per heavy atom. The van der Waals surface area contributed by atoms with E-state index in [-0.39, 0.29) is 0 Å². The molecule has 2 N–H and O–H groups in total. The van der Waals surface area contributed by atoms with Crippen LogP contribution in [0, 0.1) is 0 Å². The molecule has 1 heterocycles. The minimum Gasteiger partial charge on any atom is -0.398 e. The Morgan fingerprint density at radius 3 is 2.57 bits per heavy atom. The zero-order valence-electron chi connectivity index (χ0n) is 12.0. The number of aromatic nitrogens is 2. The Labute approximate surface area is 133 Å². The van der Waals surface area contributed by atoms with Gasteiger partial charge >= 0.3 is 0 Å². The van der Waals surface area contributed by atoms with E-state index in [4.69, 9.17) is 10.3 Å². The minimum atomic E-state index is 0.427. The third-order valence-electron chi connectivity index (χ3n) is 4.16. The van der Waals surface area contributed by atoms with E-state index in [9.17, 15) is 0 Å². The van der Waals surface area contributed by atoms with Crippen LogP contribution in [0.5, 0.6) is 0 Å². The van der Waals surface area contributed by atoms with Crippen molar-refractivity contribution >= 4 is 21.6 Å². The second-order valence-corrected chi connectivity index (χ2v) is 6.65. The van der Waals surface area contributed by atoms with E-state index in [1.807, 2.05) is 18.2 Å². The first-order chi connectivity index (χ1) is 10.2. The molecule has 0 unspecified atom stereocenters. The highest BCUT2D eigenvalue weighted by atomic mass is 79.9. The Morgan fingerprint density at radius 2 is 1.81 bits per heavy atom. The minimum absolute atomic E-state index is 0.427. The fourth-order valence-electron chi connectivity index (χ4n) is 2.94. The van der Waals surface area contributed by atoms with Gasteiger partial charge in [-0.1, -0.05) is 53.2 Å². The molecule has 1 saturated carbocycles. The monoisotopic (exact) mass is 349 g/mol. The third-order valence-corrected chi connectivity index (χ3v) is 4.65. The predicted molar refractivity (Wildman–Crippen MR) is 86.9 cm³/mol. The van der Waals surface area contributed by atoms with Gasteiger partial charge in [0.15, 0.2) is 5.82 Å². The second kappa shape index (κ2) is 6.60. The highest BCUT2D eigenvalue weighted by molar-refractivity contribution is 9.10. The van der Waals surface area contributed by atoms with Crippen molar-refractivity contribution in [3.63, 3.8) is 0 Å². The molecule has 3 rings (SSSR count). The second-order valence-electron chi connectivity index (χ2n) is 5.73. The molecule has 1 fully saturated rings. The van der Waals surface area contributed by atoms with Crippen LogP contribution < -0.4 is 5.73 Å². The van der Waals surface area contributed by atoms with E-state index >= 15 is 0 Å². The molecule has 0 bridgehead atoms. The summed E-state index contributed by atoms with van der Waals surface area (Å²) >= 11 is 3.45. The topological polar surface area (TPSA) is 64.9 Å². The number of nitrogen functional groups attached to an aromatic ring is 1. The number of nitrogens with zero attached hydrogens (tertiary/aromatic N) is 2. The summed E-state index contributed by atoms with van der Waals surface area (Å²) in [5, 5.41) is 4.20. The summed E-state index contributed by atoms with van der Waals surface area (Å²) in [5.41, 5.74) is 7.46. The fraction of sp³-hybridized carbons (Fsp3) is 0.500. The third kappa shape index (κ3) is 3.46. The van der Waals surface area contributed by atoms with Crippen LogP contribution in [0.2, 0.25) is 0 Å². The SMILES string of the molecule is Nc1ccc(Br)cc1-c1nc(C2CCCCCCC2)no1. The average Bonchev–Trinajstić information content (AvgIpc) is 2.90. The van der Waals surface area contributed by atoms with Crippen molar-refractivity contribution in [2.24, 2.45) is 0 Å². The lowest BCUT2D eigenvalue weighted by molar-refractivity contribution is 0.393. The van der Waals surface area contributed by atoms with Crippen molar-refractivity contribution in [2.75, 3.05) is 5.73 Å². The van der Waals surface area contributed by atoms with Crippen molar-refractivity contribution in [3.05, 3.63) is 28.5 Å². The van der Waals surface area contributed by atoms with Crippen molar-refractivity contribution in [1.29, 1.82) is 0 Å². The molecule has 0 atom stereocenters. The molecule has 2 aromatic rings. The molecule has 4 nitrogen and oxygen atoms in total. The summed E-state index contributed by atoms with van der Waals surface area (Å²) in [6, 6.07) is 5.68. The van der Waals surface area contributed by atoms with Crippen molar-refractivity contribution in [2.45, 2.75) is 50.9 Å². The lowest BCUT2D eigenvalue weighted by Gasteiger charge is -2.15. The molecular weight excluding hydrogens is 330 g/mol. The summed E-state index contributed by atoms with van der Waals surface area (Å²) in [7, 11) is 0. The van der Waals surface area contributed by atoms with E-state index in [1.165, 1.54) is 32.1 Å². The molecular formula is C16H20BrN3O. The molecule has 112 valence electrons. The van der Waals surface area contributed by atoms with E-state index in [2.05, 4.69) is 26.1 Å². The summed E-state index contributed by atoms with van der Waals surface area (Å²) in [4.78, 5) is 4.60. The van der Waals surface area contributed by atoms with Crippen LogP contribution in [0.4, 0.5) is 5.69 Å². The Kier molecular flexibility index (Phi) is 4.58. The van der Waals surface area contributed by atoms with Gasteiger partial charge in [0.05, 0.1) is 5.56 Å². The number of halogens is 1. The summed E-state index contributed by atoms with van der Waals surface area (Å²) in [6.07, 6.45) is 8.83. The summed E-state index contributed by atoms with van der Waals surface area (Å²) < 4.78 is 6.41. The van der Waals surface area contributed by atoms with Gasteiger partial charge in [-0.25, -0.2) is 0 Å². The molecule has 0 spiro atoms. The number of nitrogens with two attached hydrogens (primary N) is 1. The lowest BCUT2D eigenvalue weighted by Crippen LogP contribution is -2.04. The van der Waals surface area contributed by atoms with Crippen LogP contribution in [-0.2, 0) is 0 Å². The maximum absolute atomic E-state index is 6.01. The van der Waals surface area contributed by atoms with E-state index in [0.29, 0.717) is 17.5 Å². The van der Waals surface area contributed by atoms with Crippen molar-refractivity contribution in [3.8, 4) is 11.5 Å². The number of hydrogen-bond donors (Lipinski definition) is 1. The molecule has 1 aliphatic rings. The first-order valence-corrected chi connectivity index (χ1v) is 8.42. The molecule has 21 heavy (non-hydrogen) atoms. The molecule has 0 amide bonds. The van der Waals surface area contributed by atoms with Gasteiger partial charge in [-0.3, -0.25) is 0 Å². The first-order valence-electron chi connectivity index (χ1n) is 7.63. The highest BCUT2D eigenvalue weighted by Gasteiger charge is 2.20. The van der Waals surface area contributed by atoms with E-state index in [1.54, 1.807) is 0 Å². The van der Waals surface area contributed by atoms with Crippen LogP contribution in [0.3, 0.4) is 0 Å². The largest absolute Gasteiger partial charge is 0.398 e. The average molecular weight is 350 g/mol. The van der Waals surface area contributed by atoms with Crippen LogP contribution in [0.1, 0.15) is 56.7 Å². The predicted octanol–water partition coefficient (Wildman–Crippen LogP) is 4.91. The van der Waals surface area contributed by atoms with Gasteiger partial charge in [-0.15, -0.1) is 0 Å².